The number of nitrogens with zero attached hydrogens (tertiary/aromatic N) is 2. The van der Waals surface area contributed by atoms with E-state index in [1.807, 2.05) is 24.3 Å². The minimum Gasteiger partial charge on any atom is -0.399 e. The number of hydrogen-bond acceptors (Lipinski definition) is 3. The zero-order valence-electron chi connectivity index (χ0n) is 46.9. The number of nitrogens with two attached hydrogens (primary N) is 1. The second-order valence-electron chi connectivity index (χ2n) is 22.3. The summed E-state index contributed by atoms with van der Waals surface area (Å²) in [5, 5.41) is 0. The fourth-order valence-electron chi connectivity index (χ4n) is 14.3. The van der Waals surface area contributed by atoms with E-state index in [0.717, 1.165) is 39.8 Å². The lowest BCUT2D eigenvalue weighted by atomic mass is 9.70. The zero-order valence-corrected chi connectivity index (χ0v) is 49.1. The quantitative estimate of drug-likeness (QED) is 0.133. The van der Waals surface area contributed by atoms with Crippen LogP contribution in [0.15, 0.2) is 322 Å². The maximum absolute atomic E-state index is 6.29. The summed E-state index contributed by atoms with van der Waals surface area (Å²) in [5.41, 5.74) is 35.5. The van der Waals surface area contributed by atoms with Crippen molar-refractivity contribution in [3.05, 3.63) is 375 Å². The van der Waals surface area contributed by atoms with Crippen molar-refractivity contribution in [2.45, 2.75) is 17.8 Å². The van der Waals surface area contributed by atoms with Crippen LogP contribution in [-0.2, 0) is 10.8 Å². The van der Waals surface area contributed by atoms with E-state index in [0.29, 0.717) is 0 Å². The van der Waals surface area contributed by atoms with Gasteiger partial charge in [0.25, 0.3) is 0 Å². The predicted octanol–water partition coefficient (Wildman–Crippen LogP) is 21.2. The van der Waals surface area contributed by atoms with Crippen molar-refractivity contribution in [1.82, 2.24) is 0 Å². The summed E-state index contributed by atoms with van der Waals surface area (Å²) in [6.07, 6.45) is 0. The standard InChI is InChI=1S/C49H34N2.C26H19N.C6H5I/c1-5-17-35(18-6-1)50(36-19-7-2-8-20-36)39-29-31-43-41-25-13-15-27-45(41)49(47(43)33-39)46-28-16-14-26-42(46)44-32-30-40(34-48(44)49)51(37-21-9-3-10-22-37)38-23-11-4-12-24-38;1-16-10-12-20-18-6-2-4-8-22(18)26(24(20)14-16)23-9-5-3-7-19(23)21-13-11-17(27)15-25(21)26;7-6-4-2-1-3-5-6/h1-34H;2-15H,27H2,1H3;1-5H. The van der Waals surface area contributed by atoms with Crippen molar-refractivity contribution in [2.75, 3.05) is 15.5 Å². The molecule has 0 amide bonds. The molecule has 4 aliphatic rings. The second kappa shape index (κ2) is 21.3. The van der Waals surface area contributed by atoms with Crippen LogP contribution in [0.1, 0.15) is 50.1 Å². The van der Waals surface area contributed by atoms with Gasteiger partial charge in [-0.15, -0.1) is 0 Å². The molecule has 0 aliphatic heterocycles. The van der Waals surface area contributed by atoms with Gasteiger partial charge >= 0.3 is 0 Å². The van der Waals surface area contributed by atoms with Crippen LogP contribution in [0.3, 0.4) is 0 Å². The molecule has 0 radical (unpaired) electrons. The minimum atomic E-state index is -0.498. The van der Waals surface area contributed by atoms with E-state index >= 15 is 0 Å². The molecule has 17 rings (SSSR count). The molecule has 3 nitrogen and oxygen atoms in total. The summed E-state index contributed by atoms with van der Waals surface area (Å²) in [6.45, 7) is 2.18. The van der Waals surface area contributed by atoms with Crippen LogP contribution in [-0.4, -0.2) is 0 Å². The highest BCUT2D eigenvalue weighted by Crippen LogP contribution is 2.65. The topological polar surface area (TPSA) is 32.5 Å². The number of fused-ring (bicyclic) bond motifs is 20. The third-order valence-corrected chi connectivity index (χ3v) is 18.4. The molecule has 1 atom stereocenters. The highest BCUT2D eigenvalue weighted by molar-refractivity contribution is 14.1. The maximum Gasteiger partial charge on any atom is 0.0727 e. The molecule has 0 saturated heterocycles. The molecule has 2 N–H and O–H groups in total. The van der Waals surface area contributed by atoms with Crippen LogP contribution >= 0.6 is 22.6 Å². The van der Waals surface area contributed by atoms with E-state index in [1.54, 1.807) is 0 Å². The highest BCUT2D eigenvalue weighted by Gasteiger charge is 2.53. The predicted molar refractivity (Wildman–Crippen MR) is 363 cm³/mol. The van der Waals surface area contributed by atoms with E-state index in [9.17, 15) is 0 Å². The number of nitrogen functional groups attached to an aromatic ring is 1. The number of halogens is 1. The van der Waals surface area contributed by atoms with Gasteiger partial charge in [0.15, 0.2) is 0 Å². The Morgan fingerprint density at radius 2 is 0.518 bits per heavy atom. The average molecular weight is 1200 g/mol. The first kappa shape index (κ1) is 51.8. The number of aryl methyl sites for hydroxylation is 1. The summed E-state index contributed by atoms with van der Waals surface area (Å²) in [7, 11) is 0. The van der Waals surface area contributed by atoms with Gasteiger partial charge in [-0.2, -0.15) is 0 Å². The molecule has 4 aliphatic carbocycles. The Morgan fingerprint density at radius 1 is 0.247 bits per heavy atom. The van der Waals surface area contributed by atoms with Crippen LogP contribution in [0.25, 0.3) is 44.5 Å². The lowest BCUT2D eigenvalue weighted by molar-refractivity contribution is 0.793. The highest BCUT2D eigenvalue weighted by atomic mass is 127. The maximum atomic E-state index is 6.29. The number of benzene rings is 13. The molecule has 85 heavy (non-hydrogen) atoms. The molecule has 13 aromatic carbocycles. The summed E-state index contributed by atoms with van der Waals surface area (Å²) in [4.78, 5) is 4.75. The van der Waals surface area contributed by atoms with Gasteiger partial charge in [0.1, 0.15) is 0 Å². The first-order valence-corrected chi connectivity index (χ1v) is 30.2. The Morgan fingerprint density at radius 3 is 0.859 bits per heavy atom. The SMILES string of the molecule is Cc1ccc2c(c1)C1(c3ccccc3-2)c2ccccc2-c2ccc(N)cc21.Ic1ccccc1.c1ccc(N(c2ccccc2)c2ccc3c(c2)C2(c4ccccc4-3)c3ccccc3-c3ccc(N(c4ccccc4)c4ccccc4)cc32)cc1. The van der Waals surface area contributed by atoms with E-state index in [-0.39, 0.29) is 5.41 Å². The van der Waals surface area contributed by atoms with Gasteiger partial charge in [0, 0.05) is 43.4 Å². The van der Waals surface area contributed by atoms with E-state index < -0.39 is 5.41 Å². The van der Waals surface area contributed by atoms with Crippen LogP contribution in [0.5, 0.6) is 0 Å². The lowest BCUT2D eigenvalue weighted by Crippen LogP contribution is -2.26. The third-order valence-electron chi connectivity index (χ3n) is 17.6. The van der Waals surface area contributed by atoms with Crippen LogP contribution in [0.4, 0.5) is 39.8 Å². The Labute approximate surface area is 511 Å². The van der Waals surface area contributed by atoms with Gasteiger partial charge in [0.2, 0.25) is 0 Å². The monoisotopic (exact) mass is 1200 g/mol. The molecule has 0 saturated carbocycles. The van der Waals surface area contributed by atoms with Crippen LogP contribution < -0.4 is 15.5 Å². The van der Waals surface area contributed by atoms with Gasteiger partial charge in [0.05, 0.1) is 10.8 Å². The number of anilines is 7. The first-order chi connectivity index (χ1) is 41.9. The molecule has 0 heterocycles. The van der Waals surface area contributed by atoms with Gasteiger partial charge in [-0.05, 0) is 216 Å². The Hall–Kier alpha value is -10.0. The van der Waals surface area contributed by atoms with Gasteiger partial charge < -0.3 is 15.5 Å². The van der Waals surface area contributed by atoms with Gasteiger partial charge in [-0.1, -0.05) is 230 Å². The summed E-state index contributed by atoms with van der Waals surface area (Å²) in [6, 6.07) is 116. The number of hydrogen-bond donors (Lipinski definition) is 1. The molecule has 2 spiro atoms. The van der Waals surface area contributed by atoms with Gasteiger partial charge in [-0.3, -0.25) is 0 Å². The second-order valence-corrected chi connectivity index (χ2v) is 23.6. The smallest absolute Gasteiger partial charge is 0.0727 e. The Kier molecular flexibility index (Phi) is 13.0. The normalized spacial score (nSPS) is 14.2. The fourth-order valence-corrected chi connectivity index (χ4v) is 14.7. The summed E-state index contributed by atoms with van der Waals surface area (Å²) >= 11 is 2.28. The molecule has 1 unspecified atom stereocenters. The van der Waals surface area contributed by atoms with Crippen LogP contribution in [0.2, 0.25) is 0 Å². The van der Waals surface area contributed by atoms with E-state index in [1.165, 1.54) is 98.1 Å². The van der Waals surface area contributed by atoms with Crippen molar-refractivity contribution >= 4 is 62.4 Å². The van der Waals surface area contributed by atoms with Crippen molar-refractivity contribution < 1.29 is 0 Å². The fraction of sp³-hybridized carbons (Fsp3) is 0.0370. The molecular formula is C81H58IN3. The molecule has 4 heteroatoms. The summed E-state index contributed by atoms with van der Waals surface area (Å²) in [5.74, 6) is 0. The lowest BCUT2D eigenvalue weighted by Gasteiger charge is -2.33. The number of rotatable bonds is 6. The van der Waals surface area contributed by atoms with Gasteiger partial charge in [-0.25, -0.2) is 0 Å². The molecule has 0 fully saturated rings. The van der Waals surface area contributed by atoms with Crippen molar-refractivity contribution in [2.24, 2.45) is 0 Å². The Balaban J connectivity index is 0.000000149. The van der Waals surface area contributed by atoms with Crippen molar-refractivity contribution in [3.63, 3.8) is 0 Å². The van der Waals surface area contributed by atoms with E-state index in [4.69, 9.17) is 5.73 Å². The zero-order chi connectivity index (χ0) is 57.1. The third kappa shape index (κ3) is 8.37. The van der Waals surface area contributed by atoms with Crippen molar-refractivity contribution in [1.29, 1.82) is 0 Å². The largest absolute Gasteiger partial charge is 0.399 e. The summed E-state index contributed by atoms with van der Waals surface area (Å²) < 4.78 is 1.29. The van der Waals surface area contributed by atoms with Crippen LogP contribution in [0, 0.1) is 10.5 Å². The van der Waals surface area contributed by atoms with Crippen molar-refractivity contribution in [3.8, 4) is 44.5 Å². The number of para-hydroxylation sites is 4. The Bertz CT molecular complexity index is 4280. The molecular weight excluding hydrogens is 1140 g/mol. The minimum absolute atomic E-state index is 0.279. The molecule has 0 bridgehead atoms. The first-order valence-electron chi connectivity index (χ1n) is 29.1. The molecule has 0 aromatic heterocycles. The molecule has 404 valence electrons. The molecule has 13 aromatic rings. The average Bonchev–Trinajstić information content (AvgIpc) is 1.59. The van der Waals surface area contributed by atoms with E-state index in [2.05, 4.69) is 337 Å².